The van der Waals surface area contributed by atoms with Gasteiger partial charge in [0, 0.05) is 41.3 Å². The number of amides is 2. The number of nitrogens with one attached hydrogen (secondary N) is 4. The minimum Gasteiger partial charge on any atom is -0.352 e. The molecule has 32 heavy (non-hydrogen) atoms. The molecule has 4 atom stereocenters. The van der Waals surface area contributed by atoms with Crippen LogP contribution in [0.1, 0.15) is 49.2 Å². The Hall–Kier alpha value is -2.39. The Kier molecular flexibility index (Phi) is 7.15. The van der Waals surface area contributed by atoms with Crippen molar-refractivity contribution in [2.24, 2.45) is 5.92 Å². The van der Waals surface area contributed by atoms with E-state index >= 15 is 0 Å². The van der Waals surface area contributed by atoms with Crippen LogP contribution in [0, 0.1) is 5.92 Å². The molecule has 2 aliphatic rings. The van der Waals surface area contributed by atoms with Crippen LogP contribution in [-0.2, 0) is 4.79 Å². The topological polar surface area (TPSA) is 85.5 Å². The van der Waals surface area contributed by atoms with E-state index in [4.69, 9.17) is 0 Å². The molecule has 170 valence electrons. The molecule has 0 aliphatic carbocycles. The minimum atomic E-state index is -0.391. The summed E-state index contributed by atoms with van der Waals surface area (Å²) < 4.78 is 3.16. The number of hydrogen-bond donors (Lipinski definition) is 4. The lowest BCUT2D eigenvalue weighted by Crippen LogP contribution is -2.37. The Morgan fingerprint density at radius 1 is 1.09 bits per heavy atom. The average molecular weight is 454 g/mol. The van der Waals surface area contributed by atoms with Gasteiger partial charge in [0.25, 0.3) is 5.91 Å². The van der Waals surface area contributed by atoms with Crippen LogP contribution in [-0.4, -0.2) is 42.0 Å². The molecule has 1 fully saturated rings. The van der Waals surface area contributed by atoms with Crippen molar-refractivity contribution in [2.45, 2.75) is 50.2 Å². The molecule has 4 unspecified atom stereocenters. The second-order valence-electron chi connectivity index (χ2n) is 8.41. The van der Waals surface area contributed by atoms with Gasteiger partial charge >= 0.3 is 0 Å². The minimum absolute atomic E-state index is 0.0933. The summed E-state index contributed by atoms with van der Waals surface area (Å²) in [6, 6.07) is 15.4. The molecular weight excluding hydrogens is 422 g/mol. The molecule has 0 radical (unpaired) electrons. The molecular formula is C24H31N5O2S. The van der Waals surface area contributed by atoms with E-state index in [1.165, 1.54) is 11.9 Å². The number of nitrogens with zero attached hydrogens (tertiary/aromatic N) is 1. The van der Waals surface area contributed by atoms with Gasteiger partial charge in [0.05, 0.1) is 0 Å². The van der Waals surface area contributed by atoms with Gasteiger partial charge in [0.2, 0.25) is 5.91 Å². The van der Waals surface area contributed by atoms with Gasteiger partial charge in [-0.3, -0.25) is 15.0 Å². The number of carbonyl (C=O) groups is 2. The van der Waals surface area contributed by atoms with Crippen LogP contribution < -0.4 is 20.8 Å². The molecule has 2 aromatic rings. The highest BCUT2D eigenvalue weighted by molar-refractivity contribution is 7.97. The zero-order valence-electron chi connectivity index (χ0n) is 18.7. The Balaban J connectivity index is 1.27. The molecule has 4 rings (SSSR count). The molecule has 2 aliphatic heterocycles. The van der Waals surface area contributed by atoms with E-state index in [2.05, 4.69) is 46.6 Å². The Labute approximate surface area is 193 Å². The fourth-order valence-corrected chi connectivity index (χ4v) is 5.49. The number of rotatable bonds is 7. The lowest BCUT2D eigenvalue weighted by atomic mass is 9.92. The van der Waals surface area contributed by atoms with Crippen molar-refractivity contribution in [3.8, 4) is 0 Å². The maximum atomic E-state index is 12.7. The fraction of sp³-hybridized carbons (Fsp3) is 0.417. The van der Waals surface area contributed by atoms with Crippen LogP contribution in [0.4, 0.5) is 5.69 Å². The Morgan fingerprint density at radius 3 is 2.56 bits per heavy atom. The maximum Gasteiger partial charge on any atom is 0.251 e. The summed E-state index contributed by atoms with van der Waals surface area (Å²) in [5.74, 6) is 0.291. The zero-order chi connectivity index (χ0) is 22.7. The molecule has 0 spiro atoms. The normalized spacial score (nSPS) is 24.8. The predicted octanol–water partition coefficient (Wildman–Crippen LogP) is 3.33. The number of fused-ring (bicyclic) bond motifs is 1. The number of hydrazine groups is 1. The van der Waals surface area contributed by atoms with Gasteiger partial charge in [-0.15, -0.1) is 0 Å². The number of anilines is 1. The summed E-state index contributed by atoms with van der Waals surface area (Å²) in [6.45, 7) is 8.19. The number of benzene rings is 2. The van der Waals surface area contributed by atoms with Gasteiger partial charge in [-0.2, -0.15) is 0 Å². The number of carbonyl (C=O) groups excluding carboxylic acids is 2. The lowest BCUT2D eigenvalue weighted by molar-refractivity contribution is -0.117. The standard InChI is InChI=1S/C24H31N5O2S/c1-4-29-16(3)19(15(2)27-29)13-14-25-23(30)17-9-11-18(12-10-17)26-24(31)22-20-7-5-6-8-21(20)32-28-22/h5-12,15-16,19,22,27-28H,4,13-14H2,1-3H3,(H,25,30)(H,26,31). The SMILES string of the molecule is CCN1NC(C)C(CCNC(=O)c2ccc(NC(=O)C3NSc4ccccc43)cc2)C1C. The monoisotopic (exact) mass is 453 g/mol. The van der Waals surface area contributed by atoms with Crippen molar-refractivity contribution >= 4 is 29.4 Å². The number of hydrogen-bond acceptors (Lipinski definition) is 6. The third-order valence-corrected chi connectivity index (χ3v) is 7.37. The summed E-state index contributed by atoms with van der Waals surface area (Å²) in [7, 11) is 0. The van der Waals surface area contributed by atoms with E-state index in [-0.39, 0.29) is 11.8 Å². The second-order valence-corrected chi connectivity index (χ2v) is 9.29. The molecule has 1 saturated heterocycles. The first-order valence-corrected chi connectivity index (χ1v) is 12.0. The highest BCUT2D eigenvalue weighted by Crippen LogP contribution is 2.35. The third kappa shape index (κ3) is 4.83. The fourth-order valence-electron chi connectivity index (χ4n) is 4.56. The van der Waals surface area contributed by atoms with Gasteiger partial charge in [0.1, 0.15) is 6.04 Å². The highest BCUT2D eigenvalue weighted by Gasteiger charge is 2.34. The van der Waals surface area contributed by atoms with Crippen LogP contribution in [0.3, 0.4) is 0 Å². The van der Waals surface area contributed by atoms with E-state index in [9.17, 15) is 9.59 Å². The van der Waals surface area contributed by atoms with Crippen LogP contribution in [0.5, 0.6) is 0 Å². The summed E-state index contributed by atoms with van der Waals surface area (Å²) in [5, 5.41) is 8.23. The van der Waals surface area contributed by atoms with Gasteiger partial charge in [-0.05, 0) is 74.0 Å². The Bertz CT molecular complexity index is 967. The first-order valence-electron chi connectivity index (χ1n) is 11.2. The summed E-state index contributed by atoms with van der Waals surface area (Å²) >= 11 is 1.47. The van der Waals surface area contributed by atoms with E-state index in [0.29, 0.717) is 35.8 Å². The lowest BCUT2D eigenvalue weighted by Gasteiger charge is -2.22. The van der Waals surface area contributed by atoms with E-state index in [0.717, 1.165) is 23.4 Å². The van der Waals surface area contributed by atoms with Crippen LogP contribution in [0.25, 0.3) is 0 Å². The third-order valence-electron chi connectivity index (χ3n) is 6.42. The van der Waals surface area contributed by atoms with Gasteiger partial charge in [0.15, 0.2) is 0 Å². The first-order chi connectivity index (χ1) is 15.5. The molecule has 4 N–H and O–H groups in total. The van der Waals surface area contributed by atoms with Gasteiger partial charge in [-0.1, -0.05) is 25.1 Å². The largest absolute Gasteiger partial charge is 0.352 e. The average Bonchev–Trinajstić information content (AvgIpc) is 3.35. The molecule has 0 saturated carbocycles. The van der Waals surface area contributed by atoms with Crippen molar-refractivity contribution < 1.29 is 9.59 Å². The van der Waals surface area contributed by atoms with Crippen LogP contribution >= 0.6 is 11.9 Å². The van der Waals surface area contributed by atoms with Crippen LogP contribution in [0.15, 0.2) is 53.4 Å². The summed E-state index contributed by atoms with van der Waals surface area (Å²) in [6.07, 6.45) is 0.930. The van der Waals surface area contributed by atoms with Crippen molar-refractivity contribution in [3.05, 3.63) is 59.7 Å². The molecule has 2 aromatic carbocycles. The predicted molar refractivity (Wildman–Crippen MR) is 128 cm³/mol. The highest BCUT2D eigenvalue weighted by atomic mass is 32.2. The van der Waals surface area contributed by atoms with E-state index in [1.54, 1.807) is 24.3 Å². The summed E-state index contributed by atoms with van der Waals surface area (Å²) in [5.41, 5.74) is 5.74. The maximum absolute atomic E-state index is 12.7. The molecule has 2 heterocycles. The van der Waals surface area contributed by atoms with E-state index in [1.807, 2.05) is 24.3 Å². The smallest absolute Gasteiger partial charge is 0.251 e. The van der Waals surface area contributed by atoms with E-state index < -0.39 is 6.04 Å². The zero-order valence-corrected chi connectivity index (χ0v) is 19.5. The molecule has 2 amide bonds. The quantitative estimate of drug-likeness (QED) is 0.481. The van der Waals surface area contributed by atoms with Crippen molar-refractivity contribution in [3.63, 3.8) is 0 Å². The molecule has 7 nitrogen and oxygen atoms in total. The van der Waals surface area contributed by atoms with Crippen molar-refractivity contribution in [1.29, 1.82) is 0 Å². The van der Waals surface area contributed by atoms with Gasteiger partial charge in [-0.25, -0.2) is 9.73 Å². The second kappa shape index (κ2) is 10.0. The van der Waals surface area contributed by atoms with Crippen molar-refractivity contribution in [2.75, 3.05) is 18.4 Å². The van der Waals surface area contributed by atoms with Crippen LogP contribution in [0.2, 0.25) is 0 Å². The van der Waals surface area contributed by atoms with Crippen molar-refractivity contribution in [1.82, 2.24) is 20.5 Å². The Morgan fingerprint density at radius 2 is 1.84 bits per heavy atom. The first kappa shape index (κ1) is 22.8. The van der Waals surface area contributed by atoms with Gasteiger partial charge < -0.3 is 10.6 Å². The molecule has 8 heteroatoms. The summed E-state index contributed by atoms with van der Waals surface area (Å²) in [4.78, 5) is 26.3. The molecule has 0 bridgehead atoms. The molecule has 0 aromatic heterocycles.